The third-order valence-electron chi connectivity index (χ3n) is 4.53. The topological polar surface area (TPSA) is 67.4 Å². The van der Waals surface area contributed by atoms with Gasteiger partial charge in [0.05, 0.1) is 7.11 Å². The van der Waals surface area contributed by atoms with Gasteiger partial charge >= 0.3 is 0 Å². The summed E-state index contributed by atoms with van der Waals surface area (Å²) in [5.41, 5.74) is 3.54. The van der Waals surface area contributed by atoms with E-state index in [-0.39, 0.29) is 17.5 Å². The molecule has 0 aliphatic rings. The Labute approximate surface area is 176 Å². The number of carbonyl (C=O) groups is 2. The summed E-state index contributed by atoms with van der Waals surface area (Å²) < 4.78 is 5.17. The van der Waals surface area contributed by atoms with E-state index in [0.29, 0.717) is 17.9 Å². The molecule has 3 aromatic rings. The minimum atomic E-state index is -0.365. The van der Waals surface area contributed by atoms with E-state index in [1.54, 1.807) is 49.6 Å². The van der Waals surface area contributed by atoms with E-state index >= 15 is 0 Å². The zero-order valence-electron chi connectivity index (χ0n) is 17.0. The van der Waals surface area contributed by atoms with Crippen LogP contribution in [0.2, 0.25) is 0 Å². The fraction of sp³-hybridized carbons (Fsp3) is 0.120. The summed E-state index contributed by atoms with van der Waals surface area (Å²) in [4.78, 5) is 25.5. The molecule has 3 aromatic carbocycles. The molecule has 3 rings (SSSR count). The summed E-state index contributed by atoms with van der Waals surface area (Å²) >= 11 is 0. The molecule has 152 valence electrons. The Balaban J connectivity index is 1.79. The van der Waals surface area contributed by atoms with E-state index in [0.717, 1.165) is 16.7 Å². The minimum Gasteiger partial charge on any atom is -0.497 e. The maximum atomic E-state index is 12.9. The third-order valence-corrected chi connectivity index (χ3v) is 4.53. The fourth-order valence-corrected chi connectivity index (χ4v) is 2.79. The Morgan fingerprint density at radius 3 is 2.20 bits per heavy atom. The first kappa shape index (κ1) is 20.9. The van der Waals surface area contributed by atoms with Crippen LogP contribution >= 0.6 is 0 Å². The van der Waals surface area contributed by atoms with E-state index in [9.17, 15) is 9.59 Å². The van der Waals surface area contributed by atoms with Gasteiger partial charge in [-0.15, -0.1) is 0 Å². The van der Waals surface area contributed by atoms with E-state index < -0.39 is 0 Å². The van der Waals surface area contributed by atoms with Gasteiger partial charge in [-0.2, -0.15) is 0 Å². The monoisotopic (exact) mass is 400 g/mol. The van der Waals surface area contributed by atoms with Crippen molar-refractivity contribution in [3.63, 3.8) is 0 Å². The molecule has 0 radical (unpaired) electrons. The van der Waals surface area contributed by atoms with Crippen molar-refractivity contribution in [3.8, 4) is 5.75 Å². The SMILES string of the molecule is COc1ccc(C=C(NC(=O)c2ccccc2)C(=O)NCc2ccc(C)cc2)cc1. The number of nitrogens with one attached hydrogen (secondary N) is 2. The second-order valence-electron chi connectivity index (χ2n) is 6.82. The zero-order valence-corrected chi connectivity index (χ0v) is 17.0. The van der Waals surface area contributed by atoms with Gasteiger partial charge in [-0.3, -0.25) is 9.59 Å². The first-order valence-corrected chi connectivity index (χ1v) is 9.61. The average molecular weight is 400 g/mol. The smallest absolute Gasteiger partial charge is 0.268 e. The Morgan fingerprint density at radius 2 is 1.57 bits per heavy atom. The molecule has 0 spiro atoms. The van der Waals surface area contributed by atoms with Gasteiger partial charge in [-0.05, 0) is 48.4 Å². The highest BCUT2D eigenvalue weighted by atomic mass is 16.5. The van der Waals surface area contributed by atoms with Gasteiger partial charge in [0.2, 0.25) is 0 Å². The zero-order chi connectivity index (χ0) is 21.3. The predicted molar refractivity (Wildman–Crippen MR) is 118 cm³/mol. The highest BCUT2D eigenvalue weighted by molar-refractivity contribution is 6.05. The van der Waals surface area contributed by atoms with Crippen molar-refractivity contribution >= 4 is 17.9 Å². The van der Waals surface area contributed by atoms with Crippen LogP contribution in [0.5, 0.6) is 5.75 Å². The quantitative estimate of drug-likeness (QED) is 0.587. The molecule has 30 heavy (non-hydrogen) atoms. The third kappa shape index (κ3) is 5.82. The van der Waals surface area contributed by atoms with Crippen LogP contribution in [0.4, 0.5) is 0 Å². The Morgan fingerprint density at radius 1 is 0.900 bits per heavy atom. The van der Waals surface area contributed by atoms with Crippen LogP contribution < -0.4 is 15.4 Å². The normalized spacial score (nSPS) is 10.9. The summed E-state index contributed by atoms with van der Waals surface area (Å²) in [7, 11) is 1.59. The molecule has 2 amide bonds. The number of hydrogen-bond acceptors (Lipinski definition) is 3. The van der Waals surface area contributed by atoms with Gasteiger partial charge in [-0.25, -0.2) is 0 Å². The average Bonchev–Trinajstić information content (AvgIpc) is 2.79. The van der Waals surface area contributed by atoms with Gasteiger partial charge in [0.15, 0.2) is 0 Å². The first-order chi connectivity index (χ1) is 14.5. The van der Waals surface area contributed by atoms with Crippen LogP contribution in [0.1, 0.15) is 27.0 Å². The molecule has 0 aromatic heterocycles. The molecule has 0 atom stereocenters. The van der Waals surface area contributed by atoms with Crippen molar-refractivity contribution in [2.24, 2.45) is 0 Å². The van der Waals surface area contributed by atoms with Crippen molar-refractivity contribution < 1.29 is 14.3 Å². The highest BCUT2D eigenvalue weighted by Gasteiger charge is 2.14. The van der Waals surface area contributed by atoms with Crippen molar-refractivity contribution in [1.29, 1.82) is 0 Å². The molecule has 5 heteroatoms. The van der Waals surface area contributed by atoms with Gasteiger partial charge in [0, 0.05) is 12.1 Å². The van der Waals surface area contributed by atoms with Crippen LogP contribution in [0.15, 0.2) is 84.6 Å². The molecule has 2 N–H and O–H groups in total. The van der Waals surface area contributed by atoms with Gasteiger partial charge in [0.25, 0.3) is 11.8 Å². The van der Waals surface area contributed by atoms with Crippen molar-refractivity contribution in [2.75, 3.05) is 7.11 Å². The Kier molecular flexibility index (Phi) is 7.00. The number of methoxy groups -OCH3 is 1. The minimum absolute atomic E-state index is 0.168. The molecule has 0 unspecified atom stereocenters. The number of benzene rings is 3. The fourth-order valence-electron chi connectivity index (χ4n) is 2.79. The summed E-state index contributed by atoms with van der Waals surface area (Å²) in [6.07, 6.45) is 1.64. The number of rotatable bonds is 7. The molecule has 0 heterocycles. The van der Waals surface area contributed by atoms with Crippen LogP contribution in [-0.4, -0.2) is 18.9 Å². The number of carbonyl (C=O) groups excluding carboxylic acids is 2. The lowest BCUT2D eigenvalue weighted by atomic mass is 10.1. The van der Waals surface area contributed by atoms with E-state index in [2.05, 4.69) is 10.6 Å². The van der Waals surface area contributed by atoms with Crippen LogP contribution in [-0.2, 0) is 11.3 Å². The van der Waals surface area contributed by atoms with Crippen molar-refractivity contribution in [2.45, 2.75) is 13.5 Å². The largest absolute Gasteiger partial charge is 0.497 e. The number of ether oxygens (including phenoxy) is 1. The molecule has 0 aliphatic heterocycles. The summed E-state index contributed by atoms with van der Waals surface area (Å²) in [6, 6.07) is 23.9. The molecular formula is C25H24N2O3. The van der Waals surface area contributed by atoms with Gasteiger partial charge in [-0.1, -0.05) is 60.2 Å². The summed E-state index contributed by atoms with van der Waals surface area (Å²) in [5, 5.41) is 5.61. The molecule has 0 bridgehead atoms. The number of hydrogen-bond donors (Lipinski definition) is 2. The second kappa shape index (κ2) is 10.1. The van der Waals surface area contributed by atoms with E-state index in [4.69, 9.17) is 4.74 Å². The standard InChI is InChI=1S/C25H24N2O3/c1-18-8-10-20(11-9-18)17-26-25(29)23(16-19-12-14-22(30-2)15-13-19)27-24(28)21-6-4-3-5-7-21/h3-16H,17H2,1-2H3,(H,26,29)(H,27,28). The van der Waals surface area contributed by atoms with E-state index in [1.807, 2.05) is 49.4 Å². The van der Waals surface area contributed by atoms with E-state index in [1.165, 1.54) is 0 Å². The van der Waals surface area contributed by atoms with Gasteiger partial charge in [0.1, 0.15) is 11.4 Å². The molecule has 0 saturated carbocycles. The molecule has 0 fully saturated rings. The van der Waals surface area contributed by atoms with Gasteiger partial charge < -0.3 is 15.4 Å². The first-order valence-electron chi connectivity index (χ1n) is 9.61. The van der Waals surface area contributed by atoms with Crippen LogP contribution in [0.25, 0.3) is 6.08 Å². The number of amides is 2. The van der Waals surface area contributed by atoms with Crippen molar-refractivity contribution in [1.82, 2.24) is 10.6 Å². The molecular weight excluding hydrogens is 376 g/mol. The maximum absolute atomic E-state index is 12.9. The predicted octanol–water partition coefficient (Wildman–Crippen LogP) is 4.09. The second-order valence-corrected chi connectivity index (χ2v) is 6.82. The van der Waals surface area contributed by atoms with Crippen molar-refractivity contribution in [3.05, 3.63) is 107 Å². The lowest BCUT2D eigenvalue weighted by molar-refractivity contribution is -0.117. The van der Waals surface area contributed by atoms with Crippen LogP contribution in [0.3, 0.4) is 0 Å². The summed E-state index contributed by atoms with van der Waals surface area (Å²) in [5.74, 6) is 0.00219. The molecule has 0 aliphatic carbocycles. The summed E-state index contributed by atoms with van der Waals surface area (Å²) in [6.45, 7) is 2.37. The molecule has 0 saturated heterocycles. The Hall–Kier alpha value is -3.86. The lowest BCUT2D eigenvalue weighted by Crippen LogP contribution is -2.34. The lowest BCUT2D eigenvalue weighted by Gasteiger charge is -2.12. The molecule has 5 nitrogen and oxygen atoms in total. The maximum Gasteiger partial charge on any atom is 0.268 e. The van der Waals surface area contributed by atoms with Crippen LogP contribution in [0, 0.1) is 6.92 Å². The Bertz CT molecular complexity index is 1020. The highest BCUT2D eigenvalue weighted by Crippen LogP contribution is 2.14. The number of aryl methyl sites for hydroxylation is 1.